The normalized spacial score (nSPS) is 12.0. The molecule has 0 fully saturated rings. The molecular formula is C20H17F2N3OS. The zero-order chi connectivity index (χ0) is 19.4. The van der Waals surface area contributed by atoms with E-state index in [4.69, 9.17) is 0 Å². The third-order valence-electron chi connectivity index (χ3n) is 3.92. The van der Waals surface area contributed by atoms with E-state index >= 15 is 0 Å². The fourth-order valence-corrected chi connectivity index (χ4v) is 3.50. The van der Waals surface area contributed by atoms with Crippen molar-refractivity contribution in [2.24, 2.45) is 0 Å². The van der Waals surface area contributed by atoms with Gasteiger partial charge in [0.15, 0.2) is 28.4 Å². The Bertz CT molecular complexity index is 973. The summed E-state index contributed by atoms with van der Waals surface area (Å²) in [5, 5.41) is 8.44. The molecular weight excluding hydrogens is 368 g/mol. The van der Waals surface area contributed by atoms with Gasteiger partial charge in [0, 0.05) is 17.7 Å². The smallest absolute Gasteiger partial charge is 0.192 e. The maximum absolute atomic E-state index is 13.4. The molecule has 7 heteroatoms. The Kier molecular flexibility index (Phi) is 5.81. The Balaban J connectivity index is 1.86. The van der Waals surface area contributed by atoms with Gasteiger partial charge in [0.2, 0.25) is 0 Å². The van der Waals surface area contributed by atoms with Crippen LogP contribution in [-0.2, 0) is 6.54 Å². The number of benzene rings is 2. The van der Waals surface area contributed by atoms with Gasteiger partial charge in [-0.15, -0.1) is 16.8 Å². The molecule has 4 nitrogen and oxygen atoms in total. The molecule has 0 aliphatic heterocycles. The standard InChI is InChI=1S/C20H17F2N3OS/c1-3-11-25-19(14-7-5-4-6-8-14)23-24-20(25)27-13(2)18(26)15-9-10-16(21)17(22)12-15/h3-10,12-13H,1,11H2,2H3/t13-/m1/s1. The van der Waals surface area contributed by atoms with Crippen LogP contribution < -0.4 is 0 Å². The number of hydrogen-bond acceptors (Lipinski definition) is 4. The van der Waals surface area contributed by atoms with E-state index in [0.29, 0.717) is 17.5 Å². The van der Waals surface area contributed by atoms with Crippen molar-refractivity contribution in [3.05, 3.63) is 78.4 Å². The van der Waals surface area contributed by atoms with Crippen molar-refractivity contribution >= 4 is 17.5 Å². The molecule has 0 radical (unpaired) electrons. The number of rotatable bonds is 7. The van der Waals surface area contributed by atoms with Gasteiger partial charge in [-0.1, -0.05) is 48.2 Å². The van der Waals surface area contributed by atoms with E-state index in [1.165, 1.54) is 17.8 Å². The minimum Gasteiger partial charge on any atom is -0.298 e. The third-order valence-corrected chi connectivity index (χ3v) is 5.00. The van der Waals surface area contributed by atoms with E-state index in [-0.39, 0.29) is 11.3 Å². The third kappa shape index (κ3) is 4.14. The molecule has 138 valence electrons. The molecule has 1 aromatic heterocycles. The molecule has 27 heavy (non-hydrogen) atoms. The average molecular weight is 385 g/mol. The molecule has 0 unspecified atom stereocenters. The highest BCUT2D eigenvalue weighted by atomic mass is 32.2. The number of nitrogens with zero attached hydrogens (tertiary/aromatic N) is 3. The van der Waals surface area contributed by atoms with Crippen molar-refractivity contribution in [2.75, 3.05) is 0 Å². The highest BCUT2D eigenvalue weighted by Crippen LogP contribution is 2.28. The van der Waals surface area contributed by atoms with E-state index in [9.17, 15) is 13.6 Å². The number of Topliss-reactive ketones (excluding diaryl/α,β-unsaturated/α-hetero) is 1. The predicted molar refractivity (Wildman–Crippen MR) is 102 cm³/mol. The van der Waals surface area contributed by atoms with Crippen molar-refractivity contribution < 1.29 is 13.6 Å². The fraction of sp³-hybridized carbons (Fsp3) is 0.150. The van der Waals surface area contributed by atoms with Crippen LogP contribution in [0.5, 0.6) is 0 Å². The summed E-state index contributed by atoms with van der Waals surface area (Å²) in [4.78, 5) is 12.6. The maximum atomic E-state index is 13.4. The van der Waals surface area contributed by atoms with Crippen LogP contribution in [0.3, 0.4) is 0 Å². The van der Waals surface area contributed by atoms with Crippen molar-refractivity contribution in [1.82, 2.24) is 14.8 Å². The minimum absolute atomic E-state index is 0.118. The first-order chi connectivity index (χ1) is 13.0. The van der Waals surface area contributed by atoms with Crippen molar-refractivity contribution in [3.63, 3.8) is 0 Å². The first-order valence-electron chi connectivity index (χ1n) is 8.26. The van der Waals surface area contributed by atoms with Crippen LogP contribution in [0.25, 0.3) is 11.4 Å². The van der Waals surface area contributed by atoms with Gasteiger partial charge in [0.25, 0.3) is 0 Å². The lowest BCUT2D eigenvalue weighted by Crippen LogP contribution is -2.15. The molecule has 0 spiro atoms. The van der Waals surface area contributed by atoms with Crippen molar-refractivity contribution in [2.45, 2.75) is 23.9 Å². The summed E-state index contributed by atoms with van der Waals surface area (Å²) < 4.78 is 28.4. The second-order valence-electron chi connectivity index (χ2n) is 5.82. The van der Waals surface area contributed by atoms with Gasteiger partial charge < -0.3 is 0 Å². The molecule has 0 amide bonds. The molecule has 3 rings (SSSR count). The summed E-state index contributed by atoms with van der Waals surface area (Å²) in [6, 6.07) is 12.7. The monoisotopic (exact) mass is 385 g/mol. The van der Waals surface area contributed by atoms with Crippen LogP contribution in [0.2, 0.25) is 0 Å². The number of carbonyl (C=O) groups is 1. The summed E-state index contributed by atoms with van der Waals surface area (Å²) in [5.41, 5.74) is 1.02. The van der Waals surface area contributed by atoms with Crippen LogP contribution in [0, 0.1) is 11.6 Å². The highest BCUT2D eigenvalue weighted by molar-refractivity contribution is 8.00. The molecule has 3 aromatic rings. The molecule has 1 atom stereocenters. The van der Waals surface area contributed by atoms with Crippen molar-refractivity contribution in [1.29, 1.82) is 0 Å². The number of halogens is 2. The Hall–Kier alpha value is -2.80. The van der Waals surface area contributed by atoms with Crippen LogP contribution in [-0.4, -0.2) is 25.8 Å². The molecule has 1 heterocycles. The van der Waals surface area contributed by atoms with Crippen LogP contribution >= 0.6 is 11.8 Å². The fourth-order valence-electron chi connectivity index (χ4n) is 2.57. The summed E-state index contributed by atoms with van der Waals surface area (Å²) in [7, 11) is 0. The molecule has 0 aliphatic rings. The predicted octanol–water partition coefficient (Wildman–Crippen LogP) is 4.77. The van der Waals surface area contributed by atoms with Gasteiger partial charge in [0.05, 0.1) is 5.25 Å². The van der Waals surface area contributed by atoms with Gasteiger partial charge in [0.1, 0.15) is 0 Å². The summed E-state index contributed by atoms with van der Waals surface area (Å²) in [6.45, 7) is 5.94. The zero-order valence-electron chi connectivity index (χ0n) is 14.6. The molecule has 0 N–H and O–H groups in total. The Morgan fingerprint density at radius 3 is 2.59 bits per heavy atom. The summed E-state index contributed by atoms with van der Waals surface area (Å²) >= 11 is 1.21. The molecule has 2 aromatic carbocycles. The zero-order valence-corrected chi connectivity index (χ0v) is 15.4. The Morgan fingerprint density at radius 2 is 1.93 bits per heavy atom. The molecule has 0 saturated heterocycles. The van der Waals surface area contributed by atoms with E-state index in [2.05, 4.69) is 16.8 Å². The number of carbonyl (C=O) groups excluding carboxylic acids is 1. The van der Waals surface area contributed by atoms with Gasteiger partial charge >= 0.3 is 0 Å². The number of allylic oxidation sites excluding steroid dienone is 1. The number of thioether (sulfide) groups is 1. The SMILES string of the molecule is C=CCn1c(S[C@H](C)C(=O)c2ccc(F)c(F)c2)nnc1-c1ccccc1. The van der Waals surface area contributed by atoms with Gasteiger partial charge in [-0.3, -0.25) is 9.36 Å². The van der Waals surface area contributed by atoms with Crippen LogP contribution in [0.4, 0.5) is 8.78 Å². The largest absolute Gasteiger partial charge is 0.298 e. The van der Waals surface area contributed by atoms with E-state index in [1.807, 2.05) is 34.9 Å². The van der Waals surface area contributed by atoms with E-state index in [0.717, 1.165) is 17.7 Å². The van der Waals surface area contributed by atoms with Crippen LogP contribution in [0.1, 0.15) is 17.3 Å². The van der Waals surface area contributed by atoms with Gasteiger partial charge in [-0.25, -0.2) is 8.78 Å². The first-order valence-corrected chi connectivity index (χ1v) is 9.14. The van der Waals surface area contributed by atoms with Crippen LogP contribution in [0.15, 0.2) is 66.3 Å². The Labute approximate surface area is 159 Å². The van der Waals surface area contributed by atoms with E-state index in [1.54, 1.807) is 13.0 Å². The first kappa shape index (κ1) is 19.0. The summed E-state index contributed by atoms with van der Waals surface area (Å²) in [5.74, 6) is -1.66. The van der Waals surface area contributed by atoms with Gasteiger partial charge in [-0.05, 0) is 25.1 Å². The quantitative estimate of drug-likeness (QED) is 0.334. The summed E-state index contributed by atoms with van der Waals surface area (Å²) in [6.07, 6.45) is 1.72. The molecule has 0 aliphatic carbocycles. The number of aromatic nitrogens is 3. The average Bonchev–Trinajstić information content (AvgIpc) is 3.07. The minimum atomic E-state index is -1.04. The lowest BCUT2D eigenvalue weighted by molar-refractivity contribution is 0.0993. The number of hydrogen-bond donors (Lipinski definition) is 0. The lowest BCUT2D eigenvalue weighted by Gasteiger charge is -2.12. The molecule has 0 bridgehead atoms. The topological polar surface area (TPSA) is 47.8 Å². The maximum Gasteiger partial charge on any atom is 0.192 e. The van der Waals surface area contributed by atoms with E-state index < -0.39 is 16.9 Å². The second-order valence-corrected chi connectivity index (χ2v) is 7.13. The lowest BCUT2D eigenvalue weighted by atomic mass is 10.1. The second kappa shape index (κ2) is 8.26. The highest BCUT2D eigenvalue weighted by Gasteiger charge is 2.22. The molecule has 0 saturated carbocycles. The number of ketones is 1. The van der Waals surface area contributed by atoms with Crippen molar-refractivity contribution in [3.8, 4) is 11.4 Å². The Morgan fingerprint density at radius 1 is 1.19 bits per heavy atom. The van der Waals surface area contributed by atoms with Gasteiger partial charge in [-0.2, -0.15) is 0 Å².